The zero-order chi connectivity index (χ0) is 16.9. The van der Waals surface area contributed by atoms with Gasteiger partial charge in [-0.05, 0) is 47.4 Å². The molecule has 0 aliphatic rings. The average molecular weight is 341 g/mol. The highest BCUT2D eigenvalue weighted by molar-refractivity contribution is 6.17. The monoisotopic (exact) mass is 340 g/mol. The lowest BCUT2D eigenvalue weighted by Gasteiger charge is -2.14. The van der Waals surface area contributed by atoms with Crippen LogP contribution in [-0.4, -0.2) is 22.9 Å². The molecular formula is C19H17ClN2O2. The van der Waals surface area contributed by atoms with Gasteiger partial charge >= 0.3 is 5.97 Å². The molecule has 24 heavy (non-hydrogen) atoms. The van der Waals surface area contributed by atoms with Crippen molar-refractivity contribution in [3.05, 3.63) is 83.2 Å². The number of hydrogen-bond acceptors (Lipinski definition) is 3. The second-order valence-electron chi connectivity index (χ2n) is 5.36. The van der Waals surface area contributed by atoms with E-state index in [4.69, 9.17) is 16.3 Å². The van der Waals surface area contributed by atoms with Gasteiger partial charge in [0.05, 0.1) is 18.4 Å². The molecule has 4 nitrogen and oxygen atoms in total. The van der Waals surface area contributed by atoms with Gasteiger partial charge in [0.2, 0.25) is 0 Å². The minimum Gasteiger partial charge on any atom is -0.465 e. The van der Waals surface area contributed by atoms with Crippen molar-refractivity contribution in [3.63, 3.8) is 0 Å². The second kappa shape index (κ2) is 7.32. The van der Waals surface area contributed by atoms with Crippen molar-refractivity contribution in [3.8, 4) is 5.69 Å². The van der Waals surface area contributed by atoms with Crippen LogP contribution in [0.4, 0.5) is 0 Å². The number of carbonyl (C=O) groups excluding carboxylic acids is 1. The quantitative estimate of drug-likeness (QED) is 0.521. The Hall–Kier alpha value is -2.59. The maximum absolute atomic E-state index is 11.5. The Morgan fingerprint density at radius 1 is 1.17 bits per heavy atom. The highest BCUT2D eigenvalue weighted by atomic mass is 35.5. The number of rotatable bonds is 5. The van der Waals surface area contributed by atoms with E-state index >= 15 is 0 Å². The Kier molecular flexibility index (Phi) is 4.96. The zero-order valence-electron chi connectivity index (χ0n) is 13.3. The largest absolute Gasteiger partial charge is 0.465 e. The van der Waals surface area contributed by atoms with Crippen molar-refractivity contribution in [1.82, 2.24) is 9.78 Å². The predicted octanol–water partition coefficient (Wildman–Crippen LogP) is 3.99. The van der Waals surface area contributed by atoms with E-state index < -0.39 is 0 Å². The summed E-state index contributed by atoms with van der Waals surface area (Å²) in [5.74, 6) is 0.102. The summed E-state index contributed by atoms with van der Waals surface area (Å²) in [4.78, 5) is 11.5. The number of ether oxygens (including phenoxy) is 1. The molecule has 0 amide bonds. The minimum absolute atomic E-state index is 0.333. The molecule has 0 fully saturated rings. The van der Waals surface area contributed by atoms with Gasteiger partial charge in [-0.3, -0.25) is 0 Å². The maximum Gasteiger partial charge on any atom is 0.337 e. The van der Waals surface area contributed by atoms with Crippen molar-refractivity contribution in [2.75, 3.05) is 7.11 Å². The first kappa shape index (κ1) is 16.3. The van der Waals surface area contributed by atoms with Gasteiger partial charge in [-0.1, -0.05) is 24.3 Å². The molecule has 0 spiro atoms. The lowest BCUT2D eigenvalue weighted by molar-refractivity contribution is 0.0600. The molecule has 3 rings (SSSR count). The molecule has 1 heterocycles. The summed E-state index contributed by atoms with van der Waals surface area (Å²) in [6, 6.07) is 15.4. The number of hydrogen-bond donors (Lipinski definition) is 0. The molecule has 2 aromatic carbocycles. The van der Waals surface area contributed by atoms with Crippen LogP contribution in [0, 0.1) is 0 Å². The molecule has 3 aromatic rings. The smallest absolute Gasteiger partial charge is 0.337 e. The number of methoxy groups -OCH3 is 1. The third kappa shape index (κ3) is 3.34. The van der Waals surface area contributed by atoms with Crippen molar-refractivity contribution in [2.24, 2.45) is 0 Å². The Balaban J connectivity index is 1.96. The molecule has 0 unspecified atom stereocenters. The molecular weight excluding hydrogens is 324 g/mol. The maximum atomic E-state index is 11.5. The van der Waals surface area contributed by atoms with E-state index in [0.717, 1.165) is 22.4 Å². The molecule has 0 N–H and O–H groups in total. The lowest BCUT2D eigenvalue weighted by Crippen LogP contribution is -2.05. The standard InChI is InChI=1S/C19H17ClN2O2/c1-24-19(23)15-8-6-14(7-9-15)12-17-16(13-20)4-2-5-18(17)22-11-3-10-21-22/h2-11H,12-13H2,1H3. The molecule has 0 aliphatic carbocycles. The highest BCUT2D eigenvalue weighted by Gasteiger charge is 2.11. The summed E-state index contributed by atoms with van der Waals surface area (Å²) in [5.41, 5.74) is 4.84. The zero-order valence-corrected chi connectivity index (χ0v) is 14.0. The molecule has 0 aliphatic heterocycles. The summed E-state index contributed by atoms with van der Waals surface area (Å²) < 4.78 is 6.57. The molecule has 0 radical (unpaired) electrons. The first-order valence-corrected chi connectivity index (χ1v) is 8.10. The average Bonchev–Trinajstić information content (AvgIpc) is 3.16. The highest BCUT2D eigenvalue weighted by Crippen LogP contribution is 2.24. The summed E-state index contributed by atoms with van der Waals surface area (Å²) >= 11 is 6.13. The number of nitrogens with zero attached hydrogens (tertiary/aromatic N) is 2. The summed E-state index contributed by atoms with van der Waals surface area (Å²) in [6.07, 6.45) is 4.37. The Bertz CT molecular complexity index is 827. The van der Waals surface area contributed by atoms with E-state index in [1.54, 1.807) is 18.3 Å². The molecule has 5 heteroatoms. The minimum atomic E-state index is -0.333. The van der Waals surface area contributed by atoms with Crippen LogP contribution < -0.4 is 0 Å². The van der Waals surface area contributed by atoms with Gasteiger partial charge in [0.25, 0.3) is 0 Å². The van der Waals surface area contributed by atoms with Crippen molar-refractivity contribution >= 4 is 17.6 Å². The van der Waals surface area contributed by atoms with Crippen molar-refractivity contribution in [2.45, 2.75) is 12.3 Å². The molecule has 0 atom stereocenters. The third-order valence-electron chi connectivity index (χ3n) is 3.90. The van der Waals surface area contributed by atoms with Crippen LogP contribution in [0.25, 0.3) is 5.69 Å². The van der Waals surface area contributed by atoms with Crippen molar-refractivity contribution < 1.29 is 9.53 Å². The van der Waals surface area contributed by atoms with E-state index in [1.807, 2.05) is 47.3 Å². The van der Waals surface area contributed by atoms with Crippen LogP contribution in [0.1, 0.15) is 27.0 Å². The van der Waals surface area contributed by atoms with Crippen LogP contribution in [0.5, 0.6) is 0 Å². The fourth-order valence-corrected chi connectivity index (χ4v) is 2.91. The van der Waals surface area contributed by atoms with E-state index in [1.165, 1.54) is 7.11 Å². The number of benzene rings is 2. The normalized spacial score (nSPS) is 10.6. The topological polar surface area (TPSA) is 44.1 Å². The molecule has 0 bridgehead atoms. The Labute approximate surface area is 145 Å². The first-order chi connectivity index (χ1) is 11.7. The molecule has 1 aromatic heterocycles. The SMILES string of the molecule is COC(=O)c1ccc(Cc2c(CCl)cccc2-n2cccn2)cc1. The molecule has 0 saturated heterocycles. The fraction of sp³-hybridized carbons (Fsp3) is 0.158. The first-order valence-electron chi connectivity index (χ1n) is 7.57. The van der Waals surface area contributed by atoms with Crippen LogP contribution in [0.15, 0.2) is 60.9 Å². The second-order valence-corrected chi connectivity index (χ2v) is 5.63. The van der Waals surface area contributed by atoms with Gasteiger partial charge in [-0.2, -0.15) is 5.10 Å². The fourth-order valence-electron chi connectivity index (χ4n) is 2.66. The number of esters is 1. The van der Waals surface area contributed by atoms with Crippen LogP contribution in [0.2, 0.25) is 0 Å². The van der Waals surface area contributed by atoms with E-state index in [0.29, 0.717) is 17.9 Å². The van der Waals surface area contributed by atoms with E-state index in [-0.39, 0.29) is 5.97 Å². The van der Waals surface area contributed by atoms with Gasteiger partial charge < -0.3 is 4.74 Å². The van der Waals surface area contributed by atoms with Crippen molar-refractivity contribution in [1.29, 1.82) is 0 Å². The van der Waals surface area contributed by atoms with Gasteiger partial charge in [0.15, 0.2) is 0 Å². The summed E-state index contributed by atoms with van der Waals surface area (Å²) in [5, 5.41) is 4.32. The van der Waals surface area contributed by atoms with E-state index in [9.17, 15) is 4.79 Å². The lowest BCUT2D eigenvalue weighted by atomic mass is 9.98. The van der Waals surface area contributed by atoms with Gasteiger partial charge in [-0.25, -0.2) is 9.48 Å². The van der Waals surface area contributed by atoms with Gasteiger partial charge in [0, 0.05) is 18.3 Å². The summed E-state index contributed by atoms with van der Waals surface area (Å²) in [7, 11) is 1.38. The van der Waals surface area contributed by atoms with Crippen LogP contribution in [0.3, 0.4) is 0 Å². The van der Waals surface area contributed by atoms with Crippen LogP contribution in [-0.2, 0) is 17.0 Å². The third-order valence-corrected chi connectivity index (χ3v) is 4.19. The Morgan fingerprint density at radius 3 is 2.58 bits per heavy atom. The number of carbonyl (C=O) groups is 1. The molecule has 0 saturated carbocycles. The van der Waals surface area contributed by atoms with Gasteiger partial charge in [-0.15, -0.1) is 11.6 Å². The van der Waals surface area contributed by atoms with Gasteiger partial charge in [0.1, 0.15) is 0 Å². The predicted molar refractivity (Wildman–Crippen MR) is 93.7 cm³/mol. The number of alkyl halides is 1. The summed E-state index contributed by atoms with van der Waals surface area (Å²) in [6.45, 7) is 0. The number of halogens is 1. The van der Waals surface area contributed by atoms with E-state index in [2.05, 4.69) is 5.10 Å². The number of aromatic nitrogens is 2. The van der Waals surface area contributed by atoms with Crippen LogP contribution >= 0.6 is 11.6 Å². The molecule has 122 valence electrons. The Morgan fingerprint density at radius 2 is 1.96 bits per heavy atom.